The number of nitrogens with one attached hydrogen (secondary N) is 1. The average Bonchev–Trinajstić information content (AvgIpc) is 3.55. The average molecular weight is 806 g/mol. The lowest BCUT2D eigenvalue weighted by atomic mass is 10.2. The van der Waals surface area contributed by atoms with E-state index in [1.54, 1.807) is 0 Å². The van der Waals surface area contributed by atoms with Crippen LogP contribution in [0.15, 0.2) is 64.6 Å². The molecule has 51 heavy (non-hydrogen) atoms. The summed E-state index contributed by atoms with van der Waals surface area (Å²) in [7, 11) is -2.65. The van der Waals surface area contributed by atoms with Crippen molar-refractivity contribution in [1.29, 1.82) is 0 Å². The fraction of sp³-hybridized carbons (Fsp3) is 0.308. The molecule has 2 fully saturated rings. The van der Waals surface area contributed by atoms with Crippen LogP contribution in [0.1, 0.15) is 0 Å². The van der Waals surface area contributed by atoms with Crippen LogP contribution in [0.25, 0.3) is 0 Å². The first-order valence-corrected chi connectivity index (χ1v) is 18.4. The van der Waals surface area contributed by atoms with E-state index in [1.165, 1.54) is 64.7 Å². The van der Waals surface area contributed by atoms with E-state index >= 15 is 0 Å². The summed E-state index contributed by atoms with van der Waals surface area (Å²) in [4.78, 5) is 53.1. The molecule has 0 spiro atoms. The molecule has 0 radical (unpaired) electrons. The molecule has 25 heteroatoms. The van der Waals surface area contributed by atoms with Gasteiger partial charge in [0.1, 0.15) is 19.4 Å². The van der Waals surface area contributed by atoms with Gasteiger partial charge in [-0.05, 0) is 48.5 Å². The first-order chi connectivity index (χ1) is 23.6. The number of hydrogen-bond acceptors (Lipinski definition) is 11. The van der Waals surface area contributed by atoms with Crippen LogP contribution in [-0.2, 0) is 38.3 Å². The Morgan fingerprint density at radius 2 is 1.12 bits per heavy atom. The van der Waals surface area contributed by atoms with Gasteiger partial charge in [0.05, 0.1) is 9.79 Å². The highest BCUT2D eigenvalue weighted by Gasteiger charge is 2.45. The van der Waals surface area contributed by atoms with Crippen molar-refractivity contribution in [3.05, 3.63) is 54.9 Å². The zero-order chi connectivity index (χ0) is 37.9. The second-order valence-electron chi connectivity index (χ2n) is 10.3. The SMILES string of the molecule is O=C1CN(C(=O)C(F)(F)F)CCN1c1ccc(S(=O)(=O)Cl)cc1.O=C1CN(C(=O)C(F)(F)F)CCN1c1ccc(S(=O)(=O)Nc2ncns2)cc1. The molecule has 276 valence electrons. The molecule has 1 aromatic heterocycles. The molecule has 15 nitrogen and oxygen atoms in total. The van der Waals surface area contributed by atoms with Crippen LogP contribution >= 0.6 is 22.2 Å². The first-order valence-electron chi connectivity index (χ1n) is 13.8. The zero-order valence-corrected chi connectivity index (χ0v) is 28.5. The van der Waals surface area contributed by atoms with E-state index in [9.17, 15) is 62.4 Å². The highest BCUT2D eigenvalue weighted by atomic mass is 35.7. The van der Waals surface area contributed by atoms with Gasteiger partial charge in [-0.25, -0.2) is 21.8 Å². The summed E-state index contributed by atoms with van der Waals surface area (Å²) >= 11 is 0.858. The molecule has 2 aliphatic rings. The fourth-order valence-corrected chi connectivity index (χ4v) is 7.01. The van der Waals surface area contributed by atoms with Crippen molar-refractivity contribution in [3.63, 3.8) is 0 Å². The maximum atomic E-state index is 12.5. The van der Waals surface area contributed by atoms with Gasteiger partial charge in [0, 0.05) is 59.8 Å². The van der Waals surface area contributed by atoms with Crippen molar-refractivity contribution in [1.82, 2.24) is 19.2 Å². The summed E-state index contributed by atoms with van der Waals surface area (Å²) < 4.78 is 127. The van der Waals surface area contributed by atoms with Gasteiger partial charge in [-0.2, -0.15) is 30.7 Å². The number of benzene rings is 2. The summed E-state index contributed by atoms with van der Waals surface area (Å²) in [5, 5.41) is 0.0877. The minimum absolute atomic E-state index is 0.0877. The van der Waals surface area contributed by atoms with E-state index in [1.807, 2.05) is 0 Å². The molecule has 2 saturated heterocycles. The van der Waals surface area contributed by atoms with E-state index < -0.39 is 68.1 Å². The van der Waals surface area contributed by atoms with Crippen molar-refractivity contribution < 1.29 is 62.4 Å². The summed E-state index contributed by atoms with van der Waals surface area (Å²) in [5.41, 5.74) is 0.608. The number of rotatable bonds is 6. The lowest BCUT2D eigenvalue weighted by Gasteiger charge is -2.34. The fourth-order valence-electron chi connectivity index (χ4n) is 4.58. The molecule has 0 unspecified atom stereocenters. The Balaban J connectivity index is 0.000000233. The van der Waals surface area contributed by atoms with Crippen LogP contribution in [0, 0.1) is 0 Å². The van der Waals surface area contributed by atoms with Crippen molar-refractivity contribution in [2.75, 3.05) is 53.8 Å². The Labute approximate surface area is 293 Å². The number of alkyl halides is 6. The number of sulfonamides is 1. The van der Waals surface area contributed by atoms with Crippen LogP contribution < -0.4 is 14.5 Å². The third kappa shape index (κ3) is 9.83. The molecule has 4 amide bonds. The summed E-state index contributed by atoms with van der Waals surface area (Å²) in [5.74, 6) is -5.53. The maximum absolute atomic E-state index is 12.5. The normalized spacial score (nSPS) is 16.1. The van der Waals surface area contributed by atoms with Crippen LogP contribution in [0.2, 0.25) is 0 Å². The molecule has 5 rings (SSSR count). The lowest BCUT2D eigenvalue weighted by Crippen LogP contribution is -2.55. The maximum Gasteiger partial charge on any atom is 0.471 e. The highest BCUT2D eigenvalue weighted by molar-refractivity contribution is 8.13. The summed E-state index contributed by atoms with van der Waals surface area (Å²) in [6.45, 7) is -2.25. The smallest absolute Gasteiger partial charge is 0.324 e. The van der Waals surface area contributed by atoms with Gasteiger partial charge in [-0.15, -0.1) is 0 Å². The number of hydrogen-bond donors (Lipinski definition) is 1. The summed E-state index contributed by atoms with van der Waals surface area (Å²) in [6, 6.07) is 10.2. The van der Waals surface area contributed by atoms with Gasteiger partial charge in [0.15, 0.2) is 0 Å². The summed E-state index contributed by atoms with van der Waals surface area (Å²) in [6.07, 6.45) is -8.88. The van der Waals surface area contributed by atoms with Crippen LogP contribution in [0.3, 0.4) is 0 Å². The van der Waals surface area contributed by atoms with Crippen molar-refractivity contribution in [2.24, 2.45) is 0 Å². The van der Waals surface area contributed by atoms with Crippen LogP contribution in [-0.4, -0.2) is 111 Å². The molecule has 0 bridgehead atoms. The number of piperazine rings is 2. The largest absolute Gasteiger partial charge is 0.471 e. The molecular weight excluding hydrogens is 784 g/mol. The van der Waals surface area contributed by atoms with Gasteiger partial charge >= 0.3 is 24.2 Å². The van der Waals surface area contributed by atoms with Crippen molar-refractivity contribution in [2.45, 2.75) is 22.1 Å². The molecule has 2 aromatic carbocycles. The Kier molecular flexibility index (Phi) is 11.5. The predicted molar refractivity (Wildman–Crippen MR) is 167 cm³/mol. The minimum Gasteiger partial charge on any atom is -0.324 e. The van der Waals surface area contributed by atoms with E-state index in [-0.39, 0.29) is 41.1 Å². The number of carbonyl (C=O) groups is 4. The molecular formula is C26H22ClF6N7O8S3. The van der Waals surface area contributed by atoms with Crippen molar-refractivity contribution in [3.8, 4) is 0 Å². The van der Waals surface area contributed by atoms with Crippen LogP contribution in [0.5, 0.6) is 0 Å². The molecule has 0 saturated carbocycles. The predicted octanol–water partition coefficient (Wildman–Crippen LogP) is 2.43. The third-order valence-electron chi connectivity index (χ3n) is 6.97. The zero-order valence-electron chi connectivity index (χ0n) is 25.3. The van der Waals surface area contributed by atoms with Gasteiger partial charge in [0.25, 0.3) is 19.1 Å². The molecule has 0 atom stereocenters. The number of halogens is 7. The third-order valence-corrected chi connectivity index (χ3v) is 10.4. The topological polar surface area (TPSA) is 187 Å². The second kappa shape index (κ2) is 15.0. The Bertz CT molecular complexity index is 2000. The first kappa shape index (κ1) is 39.2. The quantitative estimate of drug-likeness (QED) is 0.287. The monoisotopic (exact) mass is 805 g/mol. The number of amides is 4. The molecule has 3 heterocycles. The number of nitrogens with zero attached hydrogens (tertiary/aromatic N) is 6. The highest BCUT2D eigenvalue weighted by Crippen LogP contribution is 2.26. The standard InChI is InChI=1S/C14H12F3N5O4S2.C12H10ClF3N2O4S/c15-14(16,17)12(24)21-5-6-22(11(23)7-21)9-1-3-10(4-2-9)28(25,26)20-13-18-8-19-27-13;13-23(21,22)9-3-1-8(2-4-9)18-6-5-17(7-10(18)19)11(20)12(14,15)16/h1-4,8H,5-7H2,(H,18,19,20);1-4H,5-7H2. The van der Waals surface area contributed by atoms with Crippen molar-refractivity contribution >= 4 is 81.4 Å². The lowest BCUT2D eigenvalue weighted by molar-refractivity contribution is -0.186. The number of anilines is 3. The molecule has 2 aliphatic heterocycles. The molecule has 3 aromatic rings. The molecule has 0 aliphatic carbocycles. The van der Waals surface area contributed by atoms with Gasteiger partial charge < -0.3 is 19.6 Å². The van der Waals surface area contributed by atoms with Gasteiger partial charge in [0.2, 0.25) is 16.9 Å². The Hall–Kier alpha value is -4.55. The minimum atomic E-state index is -5.04. The Morgan fingerprint density at radius 3 is 1.45 bits per heavy atom. The Morgan fingerprint density at radius 1 is 0.706 bits per heavy atom. The van der Waals surface area contributed by atoms with E-state index in [0.717, 1.165) is 11.5 Å². The van der Waals surface area contributed by atoms with Crippen LogP contribution in [0.4, 0.5) is 42.8 Å². The molecule has 1 N–H and O–H groups in total. The second-order valence-corrected chi connectivity index (χ2v) is 15.3. The van der Waals surface area contributed by atoms with E-state index in [4.69, 9.17) is 10.7 Å². The number of carbonyl (C=O) groups excluding carboxylic acids is 4. The van der Waals surface area contributed by atoms with Gasteiger partial charge in [-0.3, -0.25) is 23.9 Å². The van der Waals surface area contributed by atoms with E-state index in [2.05, 4.69) is 14.1 Å². The van der Waals surface area contributed by atoms with E-state index in [0.29, 0.717) is 21.2 Å². The number of aromatic nitrogens is 2. The van der Waals surface area contributed by atoms with Gasteiger partial charge in [-0.1, -0.05) is 0 Å².